The molecule has 1 aliphatic heterocycles. The molecule has 1 aromatic carbocycles. The highest BCUT2D eigenvalue weighted by atomic mass is 16.3. The minimum Gasteiger partial charge on any atom is -0.464 e. The van der Waals surface area contributed by atoms with Gasteiger partial charge in [0.2, 0.25) is 0 Å². The molecule has 0 atom stereocenters. The molecule has 1 N–H and O–H groups in total. The fourth-order valence-corrected chi connectivity index (χ4v) is 3.09. The zero-order chi connectivity index (χ0) is 13.8. The van der Waals surface area contributed by atoms with Crippen LogP contribution in [0.15, 0.2) is 34.9 Å². The van der Waals surface area contributed by atoms with E-state index in [0.29, 0.717) is 0 Å². The van der Waals surface area contributed by atoms with Crippen LogP contribution in [0.25, 0.3) is 11.0 Å². The molecule has 2 aromatic rings. The highest BCUT2D eigenvalue weighted by Crippen LogP contribution is 2.24. The van der Waals surface area contributed by atoms with Gasteiger partial charge in [0.15, 0.2) is 0 Å². The Morgan fingerprint density at radius 3 is 2.85 bits per heavy atom. The second-order valence-electron chi connectivity index (χ2n) is 5.78. The fraction of sp³-hybridized carbons (Fsp3) is 0.529. The normalized spacial score (nSPS) is 17.9. The Hall–Kier alpha value is -1.32. The van der Waals surface area contributed by atoms with Gasteiger partial charge in [0, 0.05) is 17.5 Å². The number of para-hydroxylation sites is 1. The molecule has 2 heterocycles. The quantitative estimate of drug-likeness (QED) is 0.905. The van der Waals surface area contributed by atoms with E-state index in [1.807, 2.05) is 18.4 Å². The largest absolute Gasteiger partial charge is 0.464 e. The molecule has 3 rings (SSSR count). The summed E-state index contributed by atoms with van der Waals surface area (Å²) in [6, 6.07) is 8.32. The van der Waals surface area contributed by atoms with Crippen molar-refractivity contribution >= 4 is 11.0 Å². The topological polar surface area (TPSA) is 28.4 Å². The first-order chi connectivity index (χ1) is 9.86. The van der Waals surface area contributed by atoms with Crippen LogP contribution in [-0.4, -0.2) is 31.1 Å². The van der Waals surface area contributed by atoms with Gasteiger partial charge in [0.25, 0.3) is 0 Å². The van der Waals surface area contributed by atoms with Crippen molar-refractivity contribution in [3.63, 3.8) is 0 Å². The van der Waals surface area contributed by atoms with Crippen LogP contribution in [-0.2, 0) is 6.54 Å². The molecule has 1 saturated heterocycles. The van der Waals surface area contributed by atoms with E-state index < -0.39 is 0 Å². The lowest BCUT2D eigenvalue weighted by Crippen LogP contribution is -2.36. The number of piperidine rings is 1. The highest BCUT2D eigenvalue weighted by molar-refractivity contribution is 5.80. The summed E-state index contributed by atoms with van der Waals surface area (Å²) in [7, 11) is 0. The number of nitrogens with one attached hydrogen (secondary N) is 1. The number of likely N-dealkylation sites (tertiary alicyclic amines) is 1. The van der Waals surface area contributed by atoms with E-state index in [9.17, 15) is 0 Å². The first-order valence-electron chi connectivity index (χ1n) is 7.75. The maximum absolute atomic E-state index is 5.63. The molecule has 1 aliphatic rings. The van der Waals surface area contributed by atoms with Crippen LogP contribution in [0.1, 0.15) is 25.3 Å². The molecule has 0 radical (unpaired) electrons. The average molecular weight is 272 g/mol. The molecule has 0 aliphatic carbocycles. The summed E-state index contributed by atoms with van der Waals surface area (Å²) in [6.07, 6.45) is 4.54. The van der Waals surface area contributed by atoms with Crippen molar-refractivity contribution in [2.24, 2.45) is 5.92 Å². The Bertz CT molecular complexity index is 541. The Morgan fingerprint density at radius 2 is 2.05 bits per heavy atom. The maximum atomic E-state index is 5.63. The summed E-state index contributed by atoms with van der Waals surface area (Å²) >= 11 is 0. The van der Waals surface area contributed by atoms with Crippen molar-refractivity contribution < 1.29 is 4.42 Å². The lowest BCUT2D eigenvalue weighted by molar-refractivity contribution is 0.176. The molecule has 3 heteroatoms. The van der Waals surface area contributed by atoms with Crippen LogP contribution < -0.4 is 5.32 Å². The van der Waals surface area contributed by atoms with Crippen LogP contribution in [0.5, 0.6) is 0 Å². The van der Waals surface area contributed by atoms with Gasteiger partial charge < -0.3 is 9.73 Å². The van der Waals surface area contributed by atoms with E-state index >= 15 is 0 Å². The third-order valence-electron chi connectivity index (χ3n) is 4.35. The van der Waals surface area contributed by atoms with Crippen LogP contribution in [0.4, 0.5) is 0 Å². The Labute approximate surface area is 120 Å². The number of furan rings is 1. The molecule has 0 saturated carbocycles. The summed E-state index contributed by atoms with van der Waals surface area (Å²) in [5.41, 5.74) is 2.33. The summed E-state index contributed by atoms with van der Waals surface area (Å²) in [5, 5.41) is 4.74. The predicted molar refractivity (Wildman–Crippen MR) is 82.8 cm³/mol. The molecule has 0 spiro atoms. The smallest absolute Gasteiger partial charge is 0.134 e. The minimum absolute atomic E-state index is 0.854. The van der Waals surface area contributed by atoms with Crippen molar-refractivity contribution in [2.75, 3.05) is 26.2 Å². The molecule has 1 aromatic heterocycles. The van der Waals surface area contributed by atoms with Gasteiger partial charge in [0.1, 0.15) is 5.58 Å². The van der Waals surface area contributed by atoms with E-state index in [-0.39, 0.29) is 0 Å². The van der Waals surface area contributed by atoms with Gasteiger partial charge in [-0.1, -0.05) is 25.1 Å². The average Bonchev–Trinajstić information content (AvgIpc) is 2.90. The van der Waals surface area contributed by atoms with Gasteiger partial charge >= 0.3 is 0 Å². The molecule has 3 nitrogen and oxygen atoms in total. The first-order valence-corrected chi connectivity index (χ1v) is 7.75. The second kappa shape index (κ2) is 6.42. The number of benzene rings is 1. The van der Waals surface area contributed by atoms with Crippen molar-refractivity contribution in [1.29, 1.82) is 0 Å². The Balaban J connectivity index is 1.57. The lowest BCUT2D eigenvalue weighted by atomic mass is 9.96. The molecule has 0 unspecified atom stereocenters. The molecule has 0 amide bonds. The summed E-state index contributed by atoms with van der Waals surface area (Å²) in [5.74, 6) is 0.854. The predicted octanol–water partition coefficient (Wildman–Crippen LogP) is 3.25. The third kappa shape index (κ3) is 3.05. The van der Waals surface area contributed by atoms with Gasteiger partial charge in [-0.25, -0.2) is 0 Å². The molecule has 20 heavy (non-hydrogen) atoms. The Morgan fingerprint density at radius 1 is 1.25 bits per heavy atom. The monoisotopic (exact) mass is 272 g/mol. The van der Waals surface area contributed by atoms with E-state index in [1.54, 1.807) is 0 Å². The molecular weight excluding hydrogens is 248 g/mol. The van der Waals surface area contributed by atoms with E-state index in [4.69, 9.17) is 4.42 Å². The van der Waals surface area contributed by atoms with Crippen molar-refractivity contribution in [3.05, 3.63) is 36.1 Å². The van der Waals surface area contributed by atoms with Gasteiger partial charge in [-0.2, -0.15) is 0 Å². The zero-order valence-electron chi connectivity index (χ0n) is 12.3. The van der Waals surface area contributed by atoms with E-state index in [0.717, 1.165) is 24.6 Å². The number of hydrogen-bond acceptors (Lipinski definition) is 3. The van der Waals surface area contributed by atoms with Crippen molar-refractivity contribution in [1.82, 2.24) is 10.2 Å². The van der Waals surface area contributed by atoms with Crippen LogP contribution in [0, 0.1) is 5.92 Å². The SMILES string of the molecule is CCNCC1CCN(Cc2coc3ccccc23)CC1. The van der Waals surface area contributed by atoms with Gasteiger partial charge in [-0.3, -0.25) is 4.90 Å². The fourth-order valence-electron chi connectivity index (χ4n) is 3.09. The summed E-state index contributed by atoms with van der Waals surface area (Å²) < 4.78 is 5.63. The Kier molecular flexibility index (Phi) is 4.38. The van der Waals surface area contributed by atoms with Crippen LogP contribution in [0.3, 0.4) is 0 Å². The van der Waals surface area contributed by atoms with Crippen LogP contribution in [0.2, 0.25) is 0 Å². The van der Waals surface area contributed by atoms with Crippen molar-refractivity contribution in [3.8, 4) is 0 Å². The molecule has 1 fully saturated rings. The highest BCUT2D eigenvalue weighted by Gasteiger charge is 2.19. The minimum atomic E-state index is 0.854. The first kappa shape index (κ1) is 13.7. The second-order valence-corrected chi connectivity index (χ2v) is 5.78. The maximum Gasteiger partial charge on any atom is 0.134 e. The number of nitrogens with zero attached hydrogens (tertiary/aromatic N) is 1. The van der Waals surface area contributed by atoms with Crippen LogP contribution >= 0.6 is 0 Å². The molecule has 0 bridgehead atoms. The van der Waals surface area contributed by atoms with Gasteiger partial charge in [-0.05, 0) is 51.0 Å². The number of fused-ring (bicyclic) bond motifs is 1. The van der Waals surface area contributed by atoms with E-state index in [2.05, 4.69) is 29.3 Å². The number of hydrogen-bond donors (Lipinski definition) is 1. The molecule has 108 valence electrons. The standard InChI is InChI=1S/C17H24N2O/c1-2-18-11-14-7-9-19(10-8-14)12-15-13-20-17-6-4-3-5-16(15)17/h3-6,13-14,18H,2,7-12H2,1H3. The number of rotatable bonds is 5. The van der Waals surface area contributed by atoms with Gasteiger partial charge in [-0.15, -0.1) is 0 Å². The van der Waals surface area contributed by atoms with E-state index in [1.165, 1.54) is 43.4 Å². The van der Waals surface area contributed by atoms with Crippen molar-refractivity contribution in [2.45, 2.75) is 26.3 Å². The zero-order valence-corrected chi connectivity index (χ0v) is 12.3. The van der Waals surface area contributed by atoms with Gasteiger partial charge in [0.05, 0.1) is 6.26 Å². The lowest BCUT2D eigenvalue weighted by Gasteiger charge is -2.31. The third-order valence-corrected chi connectivity index (χ3v) is 4.35. The summed E-state index contributed by atoms with van der Waals surface area (Å²) in [4.78, 5) is 2.56. The molecular formula is C17H24N2O. The summed E-state index contributed by atoms with van der Waals surface area (Å²) in [6.45, 7) is 7.87.